The molecule has 1 aromatic carbocycles. The molecule has 0 radical (unpaired) electrons. The van der Waals surface area contributed by atoms with E-state index in [1.807, 2.05) is 47.2 Å². The average molecular weight is 389 g/mol. The standard InChI is InChI=1S/C22H23N5O2/c1-3-16-9-10-18(23-13-16)22-21(17-7-5-4-6-8-17)24-15-27(22)14-20-25-19(26-29-20)11-12-28-2/h4-10,13,15H,3,11-12,14H2,1-2H3. The van der Waals surface area contributed by atoms with Gasteiger partial charge in [0.15, 0.2) is 5.82 Å². The summed E-state index contributed by atoms with van der Waals surface area (Å²) in [5.41, 5.74) is 4.89. The number of methoxy groups -OCH3 is 1. The Balaban J connectivity index is 1.71. The van der Waals surface area contributed by atoms with Crippen LogP contribution in [0.1, 0.15) is 24.2 Å². The highest BCUT2D eigenvalue weighted by molar-refractivity contribution is 5.76. The zero-order chi connectivity index (χ0) is 20.1. The summed E-state index contributed by atoms with van der Waals surface area (Å²) < 4.78 is 12.5. The molecule has 0 amide bonds. The molecule has 29 heavy (non-hydrogen) atoms. The fraction of sp³-hybridized carbons (Fsp3) is 0.273. The number of hydrogen-bond acceptors (Lipinski definition) is 6. The van der Waals surface area contributed by atoms with Crippen LogP contribution >= 0.6 is 0 Å². The van der Waals surface area contributed by atoms with Crippen molar-refractivity contribution in [3.8, 4) is 22.6 Å². The predicted octanol–water partition coefficient (Wildman–Crippen LogP) is 3.79. The zero-order valence-electron chi connectivity index (χ0n) is 16.6. The number of aromatic nitrogens is 5. The molecule has 0 bridgehead atoms. The zero-order valence-corrected chi connectivity index (χ0v) is 16.6. The normalized spacial score (nSPS) is 11.1. The molecule has 148 valence electrons. The lowest BCUT2D eigenvalue weighted by molar-refractivity contribution is 0.199. The van der Waals surface area contributed by atoms with Gasteiger partial charge in [-0.05, 0) is 18.1 Å². The number of benzene rings is 1. The third kappa shape index (κ3) is 4.25. The van der Waals surface area contributed by atoms with E-state index in [0.717, 1.165) is 29.1 Å². The number of hydrogen-bond donors (Lipinski definition) is 0. The van der Waals surface area contributed by atoms with E-state index in [0.29, 0.717) is 31.3 Å². The predicted molar refractivity (Wildman–Crippen MR) is 109 cm³/mol. The molecule has 0 aliphatic heterocycles. The van der Waals surface area contributed by atoms with Crippen LogP contribution in [0.25, 0.3) is 22.6 Å². The Morgan fingerprint density at radius 2 is 1.93 bits per heavy atom. The highest BCUT2D eigenvalue weighted by Gasteiger charge is 2.18. The van der Waals surface area contributed by atoms with Crippen LogP contribution in [0.3, 0.4) is 0 Å². The lowest BCUT2D eigenvalue weighted by atomic mass is 10.1. The van der Waals surface area contributed by atoms with Crippen molar-refractivity contribution in [1.29, 1.82) is 0 Å². The van der Waals surface area contributed by atoms with Gasteiger partial charge in [0.1, 0.15) is 6.54 Å². The maximum absolute atomic E-state index is 5.42. The minimum absolute atomic E-state index is 0.423. The van der Waals surface area contributed by atoms with Crippen LogP contribution in [0, 0.1) is 0 Å². The lowest BCUT2D eigenvalue weighted by Gasteiger charge is -2.09. The molecule has 0 N–H and O–H groups in total. The molecule has 0 saturated carbocycles. The van der Waals surface area contributed by atoms with Crippen LogP contribution in [0.2, 0.25) is 0 Å². The molecular formula is C22H23N5O2. The van der Waals surface area contributed by atoms with Crippen molar-refractivity contribution in [2.24, 2.45) is 0 Å². The largest absolute Gasteiger partial charge is 0.384 e. The van der Waals surface area contributed by atoms with Crippen LogP contribution in [-0.4, -0.2) is 38.4 Å². The van der Waals surface area contributed by atoms with Gasteiger partial charge in [0.2, 0.25) is 5.89 Å². The van der Waals surface area contributed by atoms with E-state index >= 15 is 0 Å². The second kappa shape index (κ2) is 8.79. The van der Waals surface area contributed by atoms with Gasteiger partial charge in [-0.15, -0.1) is 0 Å². The van der Waals surface area contributed by atoms with Crippen LogP contribution in [-0.2, 0) is 24.1 Å². The Hall–Kier alpha value is -3.32. The van der Waals surface area contributed by atoms with Crippen molar-refractivity contribution in [1.82, 2.24) is 24.7 Å². The Morgan fingerprint density at radius 3 is 2.66 bits per heavy atom. The van der Waals surface area contributed by atoms with E-state index < -0.39 is 0 Å². The van der Waals surface area contributed by atoms with Crippen LogP contribution in [0.5, 0.6) is 0 Å². The van der Waals surface area contributed by atoms with Crippen molar-refractivity contribution in [3.63, 3.8) is 0 Å². The summed E-state index contributed by atoms with van der Waals surface area (Å²) >= 11 is 0. The molecule has 0 aliphatic carbocycles. The van der Waals surface area contributed by atoms with Gasteiger partial charge in [-0.2, -0.15) is 4.98 Å². The highest BCUT2D eigenvalue weighted by atomic mass is 16.5. The summed E-state index contributed by atoms with van der Waals surface area (Å²) in [5.74, 6) is 1.16. The summed E-state index contributed by atoms with van der Waals surface area (Å²) in [6.07, 6.45) is 5.28. The molecule has 0 spiro atoms. The smallest absolute Gasteiger partial charge is 0.246 e. The SMILES string of the molecule is CCc1ccc(-c2c(-c3ccccc3)ncn2Cc2nc(CCOC)no2)nc1. The van der Waals surface area contributed by atoms with E-state index in [1.165, 1.54) is 5.56 Å². The van der Waals surface area contributed by atoms with E-state index in [4.69, 9.17) is 9.26 Å². The summed E-state index contributed by atoms with van der Waals surface area (Å²) in [4.78, 5) is 13.8. The fourth-order valence-corrected chi connectivity index (χ4v) is 3.15. The number of imidazole rings is 1. The number of nitrogens with zero attached hydrogens (tertiary/aromatic N) is 5. The molecule has 4 rings (SSSR count). The highest BCUT2D eigenvalue weighted by Crippen LogP contribution is 2.30. The first-order valence-electron chi connectivity index (χ1n) is 9.64. The molecular weight excluding hydrogens is 366 g/mol. The molecule has 7 heteroatoms. The second-order valence-electron chi connectivity index (χ2n) is 6.69. The summed E-state index contributed by atoms with van der Waals surface area (Å²) in [6.45, 7) is 3.10. The first kappa shape index (κ1) is 19.0. The van der Waals surface area contributed by atoms with E-state index in [-0.39, 0.29) is 0 Å². The summed E-state index contributed by atoms with van der Waals surface area (Å²) in [7, 11) is 1.65. The minimum atomic E-state index is 0.423. The number of aryl methyl sites for hydroxylation is 1. The van der Waals surface area contributed by atoms with Gasteiger partial charge in [0.25, 0.3) is 0 Å². The maximum Gasteiger partial charge on any atom is 0.246 e. The molecule has 4 aromatic rings. The molecule has 0 atom stereocenters. The Labute approximate surface area is 169 Å². The molecule has 0 unspecified atom stereocenters. The third-order valence-corrected chi connectivity index (χ3v) is 4.71. The van der Waals surface area contributed by atoms with Crippen LogP contribution in [0.4, 0.5) is 0 Å². The van der Waals surface area contributed by atoms with Gasteiger partial charge in [-0.25, -0.2) is 4.98 Å². The lowest BCUT2D eigenvalue weighted by Crippen LogP contribution is -2.03. The monoisotopic (exact) mass is 389 g/mol. The van der Waals surface area contributed by atoms with Gasteiger partial charge in [0.05, 0.1) is 30.0 Å². The van der Waals surface area contributed by atoms with Crippen molar-refractivity contribution < 1.29 is 9.26 Å². The number of ether oxygens (including phenoxy) is 1. The third-order valence-electron chi connectivity index (χ3n) is 4.71. The van der Waals surface area contributed by atoms with E-state index in [2.05, 4.69) is 33.1 Å². The number of pyridine rings is 1. The topological polar surface area (TPSA) is 78.9 Å². The van der Waals surface area contributed by atoms with Crippen molar-refractivity contribution in [2.45, 2.75) is 26.3 Å². The van der Waals surface area contributed by atoms with Gasteiger partial charge in [-0.3, -0.25) is 4.98 Å². The van der Waals surface area contributed by atoms with Gasteiger partial charge < -0.3 is 13.8 Å². The van der Waals surface area contributed by atoms with Crippen molar-refractivity contribution >= 4 is 0 Å². The summed E-state index contributed by atoms with van der Waals surface area (Å²) in [5, 5.41) is 4.02. The Morgan fingerprint density at radius 1 is 1.07 bits per heavy atom. The quantitative estimate of drug-likeness (QED) is 0.456. The maximum atomic E-state index is 5.42. The van der Waals surface area contributed by atoms with Crippen LogP contribution < -0.4 is 0 Å². The molecule has 0 fully saturated rings. The minimum Gasteiger partial charge on any atom is -0.384 e. The first-order valence-corrected chi connectivity index (χ1v) is 9.64. The molecule has 3 heterocycles. The second-order valence-corrected chi connectivity index (χ2v) is 6.69. The van der Waals surface area contributed by atoms with Gasteiger partial charge in [0, 0.05) is 25.3 Å². The molecule has 0 saturated heterocycles. The molecule has 3 aromatic heterocycles. The molecule has 0 aliphatic rings. The van der Waals surface area contributed by atoms with E-state index in [1.54, 1.807) is 13.4 Å². The van der Waals surface area contributed by atoms with Gasteiger partial charge >= 0.3 is 0 Å². The van der Waals surface area contributed by atoms with Gasteiger partial charge in [-0.1, -0.05) is 48.5 Å². The first-order chi connectivity index (χ1) is 14.3. The average Bonchev–Trinajstić information content (AvgIpc) is 3.40. The summed E-state index contributed by atoms with van der Waals surface area (Å²) in [6, 6.07) is 14.2. The van der Waals surface area contributed by atoms with Crippen molar-refractivity contribution in [2.75, 3.05) is 13.7 Å². The fourth-order valence-electron chi connectivity index (χ4n) is 3.15. The Bertz CT molecular complexity index is 1050. The van der Waals surface area contributed by atoms with E-state index in [9.17, 15) is 0 Å². The Kier molecular flexibility index (Phi) is 5.76. The van der Waals surface area contributed by atoms with Crippen molar-refractivity contribution in [3.05, 3.63) is 72.3 Å². The van der Waals surface area contributed by atoms with Crippen LogP contribution in [0.15, 0.2) is 59.5 Å². The molecule has 7 nitrogen and oxygen atoms in total. The number of rotatable bonds is 8.